The number of nitro groups is 1. The highest BCUT2D eigenvalue weighted by atomic mass is 16.6. The molecule has 7 heteroatoms. The van der Waals surface area contributed by atoms with Crippen molar-refractivity contribution >= 4 is 17.5 Å². The Balaban J connectivity index is 2.18. The van der Waals surface area contributed by atoms with Crippen LogP contribution < -0.4 is 5.32 Å². The topological polar surface area (TPSA) is 105 Å². The third-order valence-corrected chi connectivity index (χ3v) is 4.11. The van der Waals surface area contributed by atoms with Gasteiger partial charge in [0.05, 0.1) is 4.92 Å². The van der Waals surface area contributed by atoms with Gasteiger partial charge in [0.1, 0.15) is 17.6 Å². The molecule has 0 radical (unpaired) electrons. The number of rotatable bonds is 6. The molecule has 0 bridgehead atoms. The van der Waals surface area contributed by atoms with Crippen molar-refractivity contribution < 1.29 is 14.8 Å². The van der Waals surface area contributed by atoms with Crippen molar-refractivity contribution in [1.29, 1.82) is 0 Å². The van der Waals surface area contributed by atoms with Gasteiger partial charge in [-0.1, -0.05) is 13.3 Å². The number of aromatic carboxylic acids is 1. The zero-order valence-corrected chi connectivity index (χ0v) is 11.3. The number of carboxylic acid groups (broad SMARTS) is 1. The molecular weight excluding hydrogens is 262 g/mol. The SMILES string of the molecule is CCC1(CNc2ncc([N+](=O)[O-])cc2C(=O)O)CCC1. The van der Waals surface area contributed by atoms with E-state index in [2.05, 4.69) is 17.2 Å². The number of carbonyl (C=O) groups is 1. The highest BCUT2D eigenvalue weighted by molar-refractivity contribution is 5.93. The number of pyridine rings is 1. The second kappa shape index (κ2) is 5.44. The van der Waals surface area contributed by atoms with Crippen molar-refractivity contribution in [1.82, 2.24) is 4.98 Å². The highest BCUT2D eigenvalue weighted by Crippen LogP contribution is 2.43. The first-order valence-electron chi connectivity index (χ1n) is 6.59. The summed E-state index contributed by atoms with van der Waals surface area (Å²) in [6.07, 6.45) is 5.52. The molecule has 0 atom stereocenters. The van der Waals surface area contributed by atoms with Crippen LogP contribution in [0.2, 0.25) is 0 Å². The molecule has 1 aromatic heterocycles. The maximum absolute atomic E-state index is 11.2. The molecule has 2 N–H and O–H groups in total. The summed E-state index contributed by atoms with van der Waals surface area (Å²) in [6, 6.07) is 1.04. The predicted octanol–water partition coefficient (Wildman–Crippen LogP) is 2.68. The zero-order chi connectivity index (χ0) is 14.8. The van der Waals surface area contributed by atoms with E-state index in [0.29, 0.717) is 6.54 Å². The van der Waals surface area contributed by atoms with E-state index in [1.54, 1.807) is 0 Å². The van der Waals surface area contributed by atoms with Gasteiger partial charge in [-0.2, -0.15) is 0 Å². The Morgan fingerprint density at radius 2 is 2.30 bits per heavy atom. The van der Waals surface area contributed by atoms with E-state index in [1.165, 1.54) is 6.42 Å². The lowest BCUT2D eigenvalue weighted by atomic mass is 9.67. The van der Waals surface area contributed by atoms with Crippen LogP contribution in [-0.2, 0) is 0 Å². The number of aromatic nitrogens is 1. The lowest BCUT2D eigenvalue weighted by Gasteiger charge is -2.41. The van der Waals surface area contributed by atoms with Crippen LogP contribution in [0.15, 0.2) is 12.3 Å². The van der Waals surface area contributed by atoms with E-state index in [1.807, 2.05) is 0 Å². The van der Waals surface area contributed by atoms with E-state index in [4.69, 9.17) is 5.11 Å². The van der Waals surface area contributed by atoms with Gasteiger partial charge in [-0.05, 0) is 24.7 Å². The van der Waals surface area contributed by atoms with Crippen molar-refractivity contribution in [3.63, 3.8) is 0 Å². The molecule has 2 rings (SSSR count). The molecule has 0 spiro atoms. The summed E-state index contributed by atoms with van der Waals surface area (Å²) in [5.41, 5.74) is -0.272. The molecular formula is C13H17N3O4. The van der Waals surface area contributed by atoms with Gasteiger partial charge in [0, 0.05) is 12.6 Å². The van der Waals surface area contributed by atoms with Crippen molar-refractivity contribution in [3.05, 3.63) is 27.9 Å². The molecule has 1 aromatic rings. The second-order valence-corrected chi connectivity index (χ2v) is 5.21. The van der Waals surface area contributed by atoms with Gasteiger partial charge in [-0.25, -0.2) is 9.78 Å². The zero-order valence-electron chi connectivity index (χ0n) is 11.3. The standard InChI is InChI=1S/C13H17N3O4/c1-2-13(4-3-5-13)8-15-11-10(12(17)18)6-9(7-14-11)16(19)20/h6-7H,2-5,8H2,1H3,(H,14,15)(H,17,18). The van der Waals surface area contributed by atoms with Crippen LogP contribution in [0.3, 0.4) is 0 Å². The molecule has 0 aliphatic heterocycles. The highest BCUT2D eigenvalue weighted by Gasteiger charge is 2.35. The van der Waals surface area contributed by atoms with Gasteiger partial charge in [-0.15, -0.1) is 0 Å². The molecule has 1 aliphatic rings. The smallest absolute Gasteiger partial charge is 0.339 e. The van der Waals surface area contributed by atoms with E-state index < -0.39 is 10.9 Å². The van der Waals surface area contributed by atoms with Crippen LogP contribution in [-0.4, -0.2) is 27.5 Å². The molecule has 0 amide bonds. The van der Waals surface area contributed by atoms with Crippen LogP contribution in [0, 0.1) is 15.5 Å². The normalized spacial score (nSPS) is 16.2. The third-order valence-electron chi connectivity index (χ3n) is 4.11. The molecule has 7 nitrogen and oxygen atoms in total. The van der Waals surface area contributed by atoms with Crippen LogP contribution in [0.1, 0.15) is 43.0 Å². The fourth-order valence-electron chi connectivity index (χ4n) is 2.46. The lowest BCUT2D eigenvalue weighted by Crippen LogP contribution is -2.36. The molecule has 0 unspecified atom stereocenters. The van der Waals surface area contributed by atoms with Crippen molar-refractivity contribution in [2.45, 2.75) is 32.6 Å². The Morgan fingerprint density at radius 3 is 2.75 bits per heavy atom. The molecule has 0 saturated heterocycles. The van der Waals surface area contributed by atoms with E-state index in [9.17, 15) is 14.9 Å². The Hall–Kier alpha value is -2.18. The quantitative estimate of drug-likeness (QED) is 0.612. The van der Waals surface area contributed by atoms with Gasteiger partial charge in [0.25, 0.3) is 5.69 Å². The Bertz CT molecular complexity index is 535. The minimum Gasteiger partial charge on any atom is -0.478 e. The maximum Gasteiger partial charge on any atom is 0.339 e. The summed E-state index contributed by atoms with van der Waals surface area (Å²) in [4.78, 5) is 25.1. The first-order chi connectivity index (χ1) is 9.47. The fraction of sp³-hybridized carbons (Fsp3) is 0.538. The van der Waals surface area contributed by atoms with Gasteiger partial charge in [0.2, 0.25) is 0 Å². The Labute approximate surface area is 116 Å². The molecule has 1 heterocycles. The second-order valence-electron chi connectivity index (χ2n) is 5.21. The summed E-state index contributed by atoms with van der Waals surface area (Å²) >= 11 is 0. The number of hydrogen-bond donors (Lipinski definition) is 2. The molecule has 1 fully saturated rings. The summed E-state index contributed by atoms with van der Waals surface area (Å²) in [6.45, 7) is 2.76. The number of nitrogens with zero attached hydrogens (tertiary/aromatic N) is 2. The van der Waals surface area contributed by atoms with Gasteiger partial charge in [0.15, 0.2) is 0 Å². The predicted molar refractivity (Wildman–Crippen MR) is 72.9 cm³/mol. The van der Waals surface area contributed by atoms with Crippen molar-refractivity contribution in [2.75, 3.05) is 11.9 Å². The lowest BCUT2D eigenvalue weighted by molar-refractivity contribution is -0.385. The maximum atomic E-state index is 11.2. The number of carboxylic acids is 1. The van der Waals surface area contributed by atoms with Gasteiger partial charge < -0.3 is 10.4 Å². The summed E-state index contributed by atoms with van der Waals surface area (Å²) in [7, 11) is 0. The number of hydrogen-bond acceptors (Lipinski definition) is 5. The van der Waals surface area contributed by atoms with Crippen molar-refractivity contribution in [2.24, 2.45) is 5.41 Å². The van der Waals surface area contributed by atoms with Crippen LogP contribution in [0.5, 0.6) is 0 Å². The molecule has 0 aromatic carbocycles. The van der Waals surface area contributed by atoms with Crippen LogP contribution in [0.25, 0.3) is 0 Å². The Kier molecular flexibility index (Phi) is 3.87. The summed E-state index contributed by atoms with van der Waals surface area (Å²) in [5.74, 6) is -1.02. The molecule has 1 saturated carbocycles. The van der Waals surface area contributed by atoms with Gasteiger partial charge in [-0.3, -0.25) is 10.1 Å². The molecule has 108 valence electrons. The van der Waals surface area contributed by atoms with Crippen LogP contribution >= 0.6 is 0 Å². The first kappa shape index (κ1) is 14.2. The van der Waals surface area contributed by atoms with E-state index in [-0.39, 0.29) is 22.5 Å². The van der Waals surface area contributed by atoms with E-state index >= 15 is 0 Å². The summed E-state index contributed by atoms with van der Waals surface area (Å²) in [5, 5.41) is 22.8. The minimum absolute atomic E-state index is 0.162. The number of nitrogens with one attached hydrogen (secondary N) is 1. The largest absolute Gasteiger partial charge is 0.478 e. The number of anilines is 1. The minimum atomic E-state index is -1.22. The average Bonchev–Trinajstić information content (AvgIpc) is 2.37. The first-order valence-corrected chi connectivity index (χ1v) is 6.59. The average molecular weight is 279 g/mol. The third kappa shape index (κ3) is 2.71. The Morgan fingerprint density at radius 1 is 1.60 bits per heavy atom. The van der Waals surface area contributed by atoms with E-state index in [0.717, 1.165) is 31.5 Å². The molecule has 20 heavy (non-hydrogen) atoms. The fourth-order valence-corrected chi connectivity index (χ4v) is 2.46. The van der Waals surface area contributed by atoms with Crippen molar-refractivity contribution in [3.8, 4) is 0 Å². The monoisotopic (exact) mass is 279 g/mol. The molecule has 1 aliphatic carbocycles. The van der Waals surface area contributed by atoms with Gasteiger partial charge >= 0.3 is 5.97 Å². The summed E-state index contributed by atoms with van der Waals surface area (Å²) < 4.78 is 0. The van der Waals surface area contributed by atoms with Crippen LogP contribution in [0.4, 0.5) is 11.5 Å².